The maximum atomic E-state index is 13.1. The van der Waals surface area contributed by atoms with Crippen molar-refractivity contribution in [1.29, 1.82) is 0 Å². The summed E-state index contributed by atoms with van der Waals surface area (Å²) in [6.07, 6.45) is 0.511. The zero-order valence-corrected chi connectivity index (χ0v) is 12.7. The quantitative estimate of drug-likeness (QED) is 0.602. The van der Waals surface area contributed by atoms with Crippen molar-refractivity contribution in [3.05, 3.63) is 35.2 Å². The number of alkyl halides is 3. The predicted octanol–water partition coefficient (Wildman–Crippen LogP) is 5.84. The van der Waals surface area contributed by atoms with E-state index in [1.54, 1.807) is 30.3 Å². The number of thiophene rings is 1. The molecule has 0 bridgehead atoms. The van der Waals surface area contributed by atoms with Crippen molar-refractivity contribution in [2.45, 2.75) is 25.8 Å². The monoisotopic (exact) mass is 339 g/mol. The maximum absolute atomic E-state index is 13.1. The lowest BCUT2D eigenvalue weighted by molar-refractivity contribution is -0.0867. The molecule has 5 heteroatoms. The van der Waals surface area contributed by atoms with Crippen LogP contribution in [0.4, 0.5) is 13.2 Å². The van der Waals surface area contributed by atoms with Crippen LogP contribution in [0.3, 0.4) is 0 Å². The molecule has 0 saturated heterocycles. The molecule has 0 fully saturated rings. The Balaban J connectivity index is 0.00000162. The van der Waals surface area contributed by atoms with Crippen LogP contribution >= 0.6 is 27.5 Å². The molecule has 100 valence electrons. The molecule has 2 rings (SSSR count). The van der Waals surface area contributed by atoms with Gasteiger partial charge in [-0.15, -0.1) is 30.2 Å². The highest BCUT2D eigenvalue weighted by atomic mass is 79.9. The van der Waals surface area contributed by atoms with Crippen LogP contribution in [0.1, 0.15) is 18.7 Å². The third kappa shape index (κ3) is 3.06. The van der Waals surface area contributed by atoms with Crippen LogP contribution in [0.25, 0.3) is 10.1 Å². The van der Waals surface area contributed by atoms with Gasteiger partial charge in [0.2, 0.25) is 0 Å². The second-order valence-corrected chi connectivity index (χ2v) is 6.54. The van der Waals surface area contributed by atoms with E-state index in [0.717, 1.165) is 5.39 Å². The van der Waals surface area contributed by atoms with E-state index < -0.39 is 16.0 Å². The summed E-state index contributed by atoms with van der Waals surface area (Å²) in [4.78, 5) is 0.522. The lowest BCUT2D eigenvalue weighted by Gasteiger charge is -2.02. The normalized spacial score (nSPS) is 12.9. The van der Waals surface area contributed by atoms with Gasteiger partial charge in [-0.1, -0.05) is 26.0 Å². The van der Waals surface area contributed by atoms with Crippen LogP contribution in [-0.4, -0.2) is 0 Å². The summed E-state index contributed by atoms with van der Waals surface area (Å²) in [7, 11) is -1.72. The van der Waals surface area contributed by atoms with Crippen molar-refractivity contribution in [2.24, 2.45) is 5.92 Å². The first-order chi connectivity index (χ1) is 7.89. The van der Waals surface area contributed by atoms with Crippen molar-refractivity contribution in [2.75, 3.05) is 0 Å². The lowest BCUT2D eigenvalue weighted by Crippen LogP contribution is -2.00. The summed E-state index contributed by atoms with van der Waals surface area (Å²) in [6.45, 7) is 3.89. The Morgan fingerprint density at radius 2 is 1.78 bits per heavy atom. The maximum Gasteiger partial charge on any atom is 0.600 e. The third-order valence-electron chi connectivity index (χ3n) is 2.56. The highest BCUT2D eigenvalue weighted by Crippen LogP contribution is 2.51. The number of fused-ring (bicyclic) bond motifs is 1. The molecule has 1 aromatic heterocycles. The number of rotatable bonds is 2. The molecular weight excluding hydrogens is 325 g/mol. The van der Waals surface area contributed by atoms with Crippen LogP contribution in [0, 0.1) is 5.92 Å². The Morgan fingerprint density at radius 3 is 2.33 bits per heavy atom. The van der Waals surface area contributed by atoms with Crippen molar-refractivity contribution in [3.8, 4) is 0 Å². The van der Waals surface area contributed by atoms with E-state index in [9.17, 15) is 13.2 Å². The summed E-state index contributed by atoms with van der Waals surface area (Å²) in [5.41, 5.74) is -4.16. The highest BCUT2D eigenvalue weighted by molar-refractivity contribution is 8.93. The number of hydrogen-bond donors (Lipinski definition) is 0. The minimum Gasteiger partial charge on any atom is -0.118 e. The van der Waals surface area contributed by atoms with Gasteiger partial charge in [-0.3, -0.25) is 0 Å². The first-order valence-corrected chi connectivity index (χ1v) is 6.73. The SMILES string of the molecule is Br.CC(C)Cc1cc2ccccc2[s+]1C(F)(F)F. The van der Waals surface area contributed by atoms with Crippen molar-refractivity contribution in [1.82, 2.24) is 0 Å². The fraction of sp³-hybridized carbons (Fsp3) is 0.385. The molecular formula is C13H15BrF3S+. The van der Waals surface area contributed by atoms with Gasteiger partial charge in [0.05, 0.1) is 10.5 Å². The van der Waals surface area contributed by atoms with Crippen molar-refractivity contribution >= 4 is 37.5 Å². The first-order valence-electron chi connectivity index (χ1n) is 5.50. The smallest absolute Gasteiger partial charge is 0.118 e. The van der Waals surface area contributed by atoms with Crippen LogP contribution in [-0.2, 0) is 11.9 Å². The molecule has 1 unspecified atom stereocenters. The molecule has 0 aliphatic carbocycles. The predicted molar refractivity (Wildman–Crippen MR) is 76.6 cm³/mol. The first kappa shape index (κ1) is 15.5. The Kier molecular flexibility index (Phi) is 4.84. The molecule has 0 nitrogen and oxygen atoms in total. The van der Waals surface area contributed by atoms with Gasteiger partial charge in [-0.25, -0.2) is 0 Å². The third-order valence-corrected chi connectivity index (χ3v) is 4.64. The number of benzene rings is 1. The molecule has 0 aliphatic rings. The molecule has 1 atom stereocenters. The second-order valence-electron chi connectivity index (χ2n) is 4.50. The largest absolute Gasteiger partial charge is 0.600 e. The van der Waals surface area contributed by atoms with Gasteiger partial charge in [-0.2, -0.15) is 0 Å². The lowest BCUT2D eigenvalue weighted by atomic mass is 10.1. The summed E-state index contributed by atoms with van der Waals surface area (Å²) in [5.74, 6) is 0.243. The molecule has 0 radical (unpaired) electrons. The van der Waals surface area contributed by atoms with Crippen LogP contribution in [0.5, 0.6) is 0 Å². The van der Waals surface area contributed by atoms with Crippen LogP contribution < -0.4 is 0 Å². The molecule has 0 N–H and O–H groups in total. The minimum absolute atomic E-state index is 0. The average molecular weight is 340 g/mol. The zero-order valence-electron chi connectivity index (χ0n) is 10.1. The second kappa shape index (κ2) is 5.61. The van der Waals surface area contributed by atoms with Crippen molar-refractivity contribution in [3.63, 3.8) is 0 Å². The highest BCUT2D eigenvalue weighted by Gasteiger charge is 2.47. The summed E-state index contributed by atoms with van der Waals surface area (Å²) < 4.78 is 39.8. The van der Waals surface area contributed by atoms with E-state index in [2.05, 4.69) is 0 Å². The topological polar surface area (TPSA) is 0 Å². The number of halogens is 4. The fourth-order valence-electron chi connectivity index (χ4n) is 1.98. The van der Waals surface area contributed by atoms with Gasteiger partial charge < -0.3 is 0 Å². The molecule has 2 aromatic rings. The van der Waals surface area contributed by atoms with Crippen molar-refractivity contribution < 1.29 is 13.2 Å². The number of hydrogen-bond acceptors (Lipinski definition) is 0. The zero-order chi connectivity index (χ0) is 12.6. The van der Waals surface area contributed by atoms with E-state index in [4.69, 9.17) is 0 Å². The average Bonchev–Trinajstić information content (AvgIpc) is 2.53. The molecule has 0 aliphatic heterocycles. The van der Waals surface area contributed by atoms with Gasteiger partial charge in [0.1, 0.15) is 0 Å². The molecule has 0 amide bonds. The fourth-order valence-corrected chi connectivity index (χ4v) is 4.13. The van der Waals surface area contributed by atoms with Gasteiger partial charge >= 0.3 is 5.51 Å². The Bertz CT molecular complexity index is 529. The van der Waals surface area contributed by atoms with E-state index >= 15 is 0 Å². The van der Waals surface area contributed by atoms with Gasteiger partial charge in [0, 0.05) is 17.9 Å². The van der Waals surface area contributed by atoms with E-state index in [1.807, 2.05) is 13.8 Å². The Labute approximate surface area is 118 Å². The summed E-state index contributed by atoms with van der Waals surface area (Å²) in [5, 5.41) is 0.726. The standard InChI is InChI=1S/C13H14F3S.BrH/c1-9(2)7-11-8-10-5-3-4-6-12(10)17(11)13(14,15)16;/h3-6,8-9H,7H2,1-2H3;1H/q+1;. The van der Waals surface area contributed by atoms with E-state index in [-0.39, 0.29) is 22.9 Å². The summed E-state index contributed by atoms with van der Waals surface area (Å²) in [6, 6.07) is 8.53. The molecule has 18 heavy (non-hydrogen) atoms. The molecule has 0 saturated carbocycles. The van der Waals surface area contributed by atoms with Gasteiger partial charge in [0.25, 0.3) is 0 Å². The van der Waals surface area contributed by atoms with Gasteiger partial charge in [-0.05, 0) is 18.1 Å². The molecule has 1 heterocycles. The van der Waals surface area contributed by atoms with Crippen LogP contribution in [0.2, 0.25) is 0 Å². The van der Waals surface area contributed by atoms with E-state index in [1.165, 1.54) is 0 Å². The Morgan fingerprint density at radius 1 is 1.17 bits per heavy atom. The van der Waals surface area contributed by atoms with E-state index in [0.29, 0.717) is 16.0 Å². The molecule has 0 spiro atoms. The van der Waals surface area contributed by atoms with Crippen LogP contribution in [0.15, 0.2) is 30.3 Å². The minimum atomic E-state index is -4.16. The Hall–Kier alpha value is -0.550. The summed E-state index contributed by atoms with van der Waals surface area (Å²) >= 11 is 0. The molecule has 1 aromatic carbocycles. The van der Waals surface area contributed by atoms with Gasteiger partial charge in [0.15, 0.2) is 9.58 Å².